The molecular weight excluding hydrogens is 377 g/mol. The first-order valence-corrected chi connectivity index (χ1v) is 9.90. The third-order valence-electron chi connectivity index (χ3n) is 4.73. The average molecular weight is 399 g/mol. The highest BCUT2D eigenvalue weighted by molar-refractivity contribution is 7.09. The highest BCUT2D eigenvalue weighted by Gasteiger charge is 2.17. The Morgan fingerprint density at radius 3 is 2.57 bits per heavy atom. The van der Waals surface area contributed by atoms with Gasteiger partial charge >= 0.3 is 0 Å². The van der Waals surface area contributed by atoms with Crippen molar-refractivity contribution < 1.29 is 18.7 Å². The molecule has 0 fully saturated rings. The van der Waals surface area contributed by atoms with Crippen molar-refractivity contribution >= 4 is 22.9 Å². The minimum atomic E-state index is -0.649. The van der Waals surface area contributed by atoms with Crippen molar-refractivity contribution in [1.29, 1.82) is 0 Å². The van der Waals surface area contributed by atoms with Crippen molar-refractivity contribution in [3.8, 4) is 5.75 Å². The van der Waals surface area contributed by atoms with Gasteiger partial charge in [0.15, 0.2) is 12.4 Å². The Hall–Kier alpha value is -2.73. The standard InChI is InChI=1S/C22H22FNO3S/c1-14-11-20(15(2)24(14)9-8-18-5-4-10-28-18)22(26)13-27-17-6-7-19(16(3)25)21(23)12-17/h4-7,10-12H,8-9,13H2,1-3H3. The molecule has 0 aliphatic rings. The predicted octanol–water partition coefficient (Wildman–Crippen LogP) is 5.01. The summed E-state index contributed by atoms with van der Waals surface area (Å²) in [6.45, 7) is 5.83. The van der Waals surface area contributed by atoms with Crippen molar-refractivity contribution in [2.75, 3.05) is 6.61 Å². The van der Waals surface area contributed by atoms with E-state index in [1.807, 2.05) is 26.0 Å². The zero-order valence-corrected chi connectivity index (χ0v) is 16.9. The maximum absolute atomic E-state index is 13.9. The molecule has 0 saturated heterocycles. The van der Waals surface area contributed by atoms with E-state index >= 15 is 0 Å². The lowest BCUT2D eigenvalue weighted by Gasteiger charge is -2.10. The van der Waals surface area contributed by atoms with Crippen LogP contribution in [0, 0.1) is 19.7 Å². The summed E-state index contributed by atoms with van der Waals surface area (Å²) in [4.78, 5) is 25.2. The van der Waals surface area contributed by atoms with Crippen LogP contribution in [0.4, 0.5) is 4.39 Å². The number of rotatable bonds is 8. The first-order chi connectivity index (χ1) is 13.4. The molecule has 3 aromatic rings. The van der Waals surface area contributed by atoms with Gasteiger partial charge < -0.3 is 9.30 Å². The van der Waals surface area contributed by atoms with E-state index in [1.165, 1.54) is 23.9 Å². The number of thiophene rings is 1. The van der Waals surface area contributed by atoms with Crippen LogP contribution in [0.15, 0.2) is 41.8 Å². The number of carbonyl (C=O) groups is 2. The van der Waals surface area contributed by atoms with Gasteiger partial charge in [-0.1, -0.05) is 6.07 Å². The summed E-state index contributed by atoms with van der Waals surface area (Å²) in [5, 5.41) is 2.06. The molecule has 1 aromatic carbocycles. The Morgan fingerprint density at radius 1 is 1.14 bits per heavy atom. The van der Waals surface area contributed by atoms with Crippen molar-refractivity contribution in [2.24, 2.45) is 0 Å². The summed E-state index contributed by atoms with van der Waals surface area (Å²) >= 11 is 1.72. The quantitative estimate of drug-likeness (QED) is 0.500. The van der Waals surface area contributed by atoms with Gasteiger partial charge in [-0.2, -0.15) is 0 Å². The Balaban J connectivity index is 1.67. The van der Waals surface area contributed by atoms with Gasteiger partial charge in [-0.3, -0.25) is 9.59 Å². The van der Waals surface area contributed by atoms with E-state index in [-0.39, 0.29) is 29.5 Å². The van der Waals surface area contributed by atoms with Gasteiger partial charge in [0.2, 0.25) is 5.78 Å². The van der Waals surface area contributed by atoms with Crippen molar-refractivity contribution in [1.82, 2.24) is 4.57 Å². The Bertz CT molecular complexity index is 1010. The molecule has 2 aromatic heterocycles. The van der Waals surface area contributed by atoms with Crippen LogP contribution in [0.2, 0.25) is 0 Å². The zero-order chi connectivity index (χ0) is 20.3. The number of hydrogen-bond acceptors (Lipinski definition) is 4. The number of Topliss-reactive ketones (excluding diaryl/α,β-unsaturated/α-hetero) is 2. The van der Waals surface area contributed by atoms with E-state index in [4.69, 9.17) is 4.74 Å². The van der Waals surface area contributed by atoms with E-state index in [2.05, 4.69) is 16.0 Å². The number of hydrogen-bond donors (Lipinski definition) is 0. The summed E-state index contributed by atoms with van der Waals surface area (Å²) in [7, 11) is 0. The summed E-state index contributed by atoms with van der Waals surface area (Å²) in [6, 6.07) is 10.0. The molecule has 146 valence electrons. The van der Waals surface area contributed by atoms with Gasteiger partial charge in [0.25, 0.3) is 0 Å². The van der Waals surface area contributed by atoms with Crippen LogP contribution in [-0.2, 0) is 13.0 Å². The first-order valence-electron chi connectivity index (χ1n) is 9.02. The molecule has 0 N–H and O–H groups in total. The molecule has 4 nitrogen and oxygen atoms in total. The van der Waals surface area contributed by atoms with Crippen molar-refractivity contribution in [3.05, 3.63) is 75.0 Å². The zero-order valence-electron chi connectivity index (χ0n) is 16.1. The lowest BCUT2D eigenvalue weighted by Crippen LogP contribution is -2.13. The Kier molecular flexibility index (Phi) is 6.09. The number of nitrogens with zero attached hydrogens (tertiary/aromatic N) is 1. The highest BCUT2D eigenvalue weighted by atomic mass is 32.1. The number of benzene rings is 1. The van der Waals surface area contributed by atoms with E-state index in [0.717, 1.165) is 30.4 Å². The van der Waals surface area contributed by atoms with Gasteiger partial charge in [0.05, 0.1) is 5.56 Å². The molecule has 2 heterocycles. The summed E-state index contributed by atoms with van der Waals surface area (Å²) in [5.41, 5.74) is 2.55. The number of ketones is 2. The van der Waals surface area contributed by atoms with E-state index in [1.54, 1.807) is 11.3 Å². The van der Waals surface area contributed by atoms with Crippen LogP contribution in [0.3, 0.4) is 0 Å². The van der Waals surface area contributed by atoms with E-state index in [9.17, 15) is 14.0 Å². The molecule has 0 radical (unpaired) electrons. The summed E-state index contributed by atoms with van der Waals surface area (Å²) < 4.78 is 21.5. The number of halogens is 1. The SMILES string of the molecule is CC(=O)c1ccc(OCC(=O)c2cc(C)n(CCc3cccs3)c2C)cc1F. The molecule has 28 heavy (non-hydrogen) atoms. The molecule has 0 saturated carbocycles. The van der Waals surface area contributed by atoms with Gasteiger partial charge in [-0.05, 0) is 56.8 Å². The number of aryl methyl sites for hydroxylation is 2. The van der Waals surface area contributed by atoms with Crippen LogP contribution in [0.5, 0.6) is 5.75 Å². The van der Waals surface area contributed by atoms with E-state index < -0.39 is 5.82 Å². The fourth-order valence-electron chi connectivity index (χ4n) is 3.20. The third-order valence-corrected chi connectivity index (χ3v) is 5.66. The summed E-state index contributed by atoms with van der Waals surface area (Å²) in [6.07, 6.45) is 0.917. The highest BCUT2D eigenvalue weighted by Crippen LogP contribution is 2.20. The molecule has 3 rings (SSSR count). The molecule has 6 heteroatoms. The van der Waals surface area contributed by atoms with Crippen LogP contribution in [0.25, 0.3) is 0 Å². The normalized spacial score (nSPS) is 10.9. The van der Waals surface area contributed by atoms with E-state index in [0.29, 0.717) is 5.56 Å². The lowest BCUT2D eigenvalue weighted by atomic mass is 10.1. The molecule has 0 spiro atoms. The molecule has 0 aliphatic carbocycles. The molecule has 0 unspecified atom stereocenters. The molecule has 0 atom stereocenters. The maximum atomic E-state index is 13.9. The number of carbonyl (C=O) groups excluding carboxylic acids is 2. The summed E-state index contributed by atoms with van der Waals surface area (Å²) in [5.74, 6) is -0.937. The number of aromatic nitrogens is 1. The largest absolute Gasteiger partial charge is 0.485 e. The molecular formula is C22H22FNO3S. The fraction of sp³-hybridized carbons (Fsp3) is 0.273. The van der Waals surface area contributed by atoms with Crippen molar-refractivity contribution in [3.63, 3.8) is 0 Å². The van der Waals surface area contributed by atoms with Gasteiger partial charge in [-0.15, -0.1) is 11.3 Å². The minimum absolute atomic E-state index is 0.00737. The lowest BCUT2D eigenvalue weighted by molar-refractivity contribution is 0.0919. The van der Waals surface area contributed by atoms with Gasteiger partial charge in [0.1, 0.15) is 11.6 Å². The third kappa shape index (κ3) is 4.39. The van der Waals surface area contributed by atoms with Crippen molar-refractivity contribution in [2.45, 2.75) is 33.7 Å². The van der Waals surface area contributed by atoms with Gasteiger partial charge in [-0.25, -0.2) is 4.39 Å². The van der Waals surface area contributed by atoms with Gasteiger partial charge in [0, 0.05) is 34.4 Å². The Morgan fingerprint density at radius 2 is 1.93 bits per heavy atom. The second-order valence-corrected chi connectivity index (χ2v) is 7.71. The van der Waals surface area contributed by atoms with Crippen LogP contribution in [-0.4, -0.2) is 22.7 Å². The second-order valence-electron chi connectivity index (χ2n) is 6.68. The minimum Gasteiger partial charge on any atom is -0.485 e. The van der Waals surface area contributed by atoms with Crippen LogP contribution < -0.4 is 4.74 Å². The fourth-order valence-corrected chi connectivity index (χ4v) is 3.90. The molecule has 0 bridgehead atoms. The van der Waals surface area contributed by atoms with Crippen LogP contribution >= 0.6 is 11.3 Å². The smallest absolute Gasteiger partial charge is 0.202 e. The monoisotopic (exact) mass is 399 g/mol. The Labute approximate surface area is 167 Å². The van der Waals surface area contributed by atoms with Crippen LogP contribution in [0.1, 0.15) is 43.9 Å². The predicted molar refractivity (Wildman–Crippen MR) is 108 cm³/mol. The molecule has 0 amide bonds. The molecule has 0 aliphatic heterocycles. The first kappa shape index (κ1) is 20.0. The maximum Gasteiger partial charge on any atom is 0.202 e. The average Bonchev–Trinajstić information content (AvgIpc) is 3.26. The topological polar surface area (TPSA) is 48.3 Å². The second kappa shape index (κ2) is 8.52. The number of ether oxygens (including phenoxy) is 1.